The lowest BCUT2D eigenvalue weighted by molar-refractivity contribution is 0.472. The fourth-order valence-corrected chi connectivity index (χ4v) is 2.14. The van der Waals surface area contributed by atoms with E-state index in [2.05, 4.69) is 26.1 Å². The molecule has 0 saturated carbocycles. The van der Waals surface area contributed by atoms with Crippen LogP contribution < -0.4 is 4.74 Å². The summed E-state index contributed by atoms with van der Waals surface area (Å²) < 4.78 is 6.62. The number of rotatable bonds is 3. The molecule has 0 aliphatic carbocycles. The number of hydrogen-bond donors (Lipinski definition) is 0. The van der Waals surface area contributed by atoms with E-state index in [0.29, 0.717) is 11.1 Å². The lowest BCUT2D eigenvalue weighted by Gasteiger charge is -2.03. The molecular weight excluding hydrogens is 312 g/mol. The monoisotopic (exact) mass is 318 g/mol. The highest BCUT2D eigenvalue weighted by Gasteiger charge is 2.06. The number of aromatic nitrogens is 2. The van der Waals surface area contributed by atoms with Gasteiger partial charge in [-0.1, -0.05) is 32.4 Å². The minimum atomic E-state index is 0.362. The Hall–Kier alpha value is -0.650. The van der Waals surface area contributed by atoms with Gasteiger partial charge >= 0.3 is 0 Å². The van der Waals surface area contributed by atoms with Crippen LogP contribution in [0.5, 0.6) is 10.9 Å². The van der Waals surface area contributed by atoms with Gasteiger partial charge in [-0.2, -0.15) is 0 Å². The molecule has 84 valence electrons. The molecule has 0 bridgehead atoms. The van der Waals surface area contributed by atoms with Crippen molar-refractivity contribution in [2.75, 3.05) is 0 Å². The number of aryl methyl sites for hydroxylation is 1. The molecule has 1 heterocycles. The minimum Gasteiger partial charge on any atom is -0.430 e. The van der Waals surface area contributed by atoms with Crippen molar-refractivity contribution < 1.29 is 4.74 Å². The fraction of sp³-hybridized carbons (Fsp3) is 0.200. The Balaban J connectivity index is 2.17. The highest BCUT2D eigenvalue weighted by Crippen LogP contribution is 2.28. The van der Waals surface area contributed by atoms with Gasteiger partial charge in [0.25, 0.3) is 5.19 Å². The Morgan fingerprint density at radius 3 is 2.88 bits per heavy atom. The lowest BCUT2D eigenvalue weighted by Crippen LogP contribution is -1.84. The predicted octanol–water partition coefficient (Wildman–Crippen LogP) is 4.14. The van der Waals surface area contributed by atoms with E-state index in [1.165, 1.54) is 11.3 Å². The normalized spacial score (nSPS) is 10.4. The van der Waals surface area contributed by atoms with Crippen LogP contribution in [0.1, 0.15) is 10.6 Å². The molecule has 6 heteroatoms. The van der Waals surface area contributed by atoms with Gasteiger partial charge in [0.1, 0.15) is 10.8 Å². The second-order valence-corrected chi connectivity index (χ2v) is 5.25. The molecule has 0 unspecified atom stereocenters. The smallest absolute Gasteiger partial charge is 0.299 e. The van der Waals surface area contributed by atoms with E-state index in [0.717, 1.165) is 20.8 Å². The summed E-state index contributed by atoms with van der Waals surface area (Å²) >= 11 is 10.4. The molecule has 0 N–H and O–H groups in total. The van der Waals surface area contributed by atoms with Crippen molar-refractivity contribution in [1.29, 1.82) is 0 Å². The summed E-state index contributed by atoms with van der Waals surface area (Å²) in [5.41, 5.74) is 1.11. The van der Waals surface area contributed by atoms with E-state index < -0.39 is 0 Å². The van der Waals surface area contributed by atoms with E-state index >= 15 is 0 Å². The highest BCUT2D eigenvalue weighted by molar-refractivity contribution is 9.10. The molecule has 1 aromatic heterocycles. The van der Waals surface area contributed by atoms with Crippen LogP contribution in [0.4, 0.5) is 0 Å². The van der Waals surface area contributed by atoms with Gasteiger partial charge < -0.3 is 4.74 Å². The van der Waals surface area contributed by atoms with Crippen molar-refractivity contribution >= 4 is 38.9 Å². The molecule has 0 aliphatic rings. The van der Waals surface area contributed by atoms with Crippen molar-refractivity contribution in [2.45, 2.75) is 12.8 Å². The summed E-state index contributed by atoms with van der Waals surface area (Å²) in [6.07, 6.45) is 0. The van der Waals surface area contributed by atoms with Crippen molar-refractivity contribution in [2.24, 2.45) is 0 Å². The SMILES string of the molecule is Cc1cc(Oc2nnc(CCl)s2)ccc1Br. The topological polar surface area (TPSA) is 35.0 Å². The van der Waals surface area contributed by atoms with Gasteiger partial charge in [-0.3, -0.25) is 0 Å². The van der Waals surface area contributed by atoms with Crippen molar-refractivity contribution in [3.8, 4) is 10.9 Å². The summed E-state index contributed by atoms with van der Waals surface area (Å²) in [5.74, 6) is 1.11. The van der Waals surface area contributed by atoms with Gasteiger partial charge in [-0.15, -0.1) is 16.7 Å². The maximum atomic E-state index is 5.64. The first-order chi connectivity index (χ1) is 7.69. The average molecular weight is 320 g/mol. The van der Waals surface area contributed by atoms with Crippen molar-refractivity contribution in [1.82, 2.24) is 10.2 Å². The second-order valence-electron chi connectivity index (χ2n) is 3.11. The summed E-state index contributed by atoms with van der Waals surface area (Å²) in [6, 6.07) is 5.75. The number of halogens is 2. The van der Waals surface area contributed by atoms with Gasteiger partial charge in [-0.25, -0.2) is 0 Å². The number of benzene rings is 1. The van der Waals surface area contributed by atoms with Crippen LogP contribution in [0.15, 0.2) is 22.7 Å². The van der Waals surface area contributed by atoms with Crippen LogP contribution in [0.3, 0.4) is 0 Å². The fourth-order valence-electron chi connectivity index (χ4n) is 1.11. The van der Waals surface area contributed by atoms with E-state index in [4.69, 9.17) is 16.3 Å². The Bertz CT molecular complexity index is 503. The molecule has 0 spiro atoms. The molecule has 2 aromatic rings. The molecular formula is C10H8BrClN2OS. The number of ether oxygens (including phenoxy) is 1. The largest absolute Gasteiger partial charge is 0.430 e. The molecule has 3 nitrogen and oxygen atoms in total. The van der Waals surface area contributed by atoms with Crippen LogP contribution in [-0.4, -0.2) is 10.2 Å². The second kappa shape index (κ2) is 5.12. The van der Waals surface area contributed by atoms with Gasteiger partial charge in [0.2, 0.25) is 0 Å². The van der Waals surface area contributed by atoms with Crippen LogP contribution in [0.2, 0.25) is 0 Å². The van der Waals surface area contributed by atoms with E-state index in [1.807, 2.05) is 25.1 Å². The molecule has 0 aliphatic heterocycles. The summed E-state index contributed by atoms with van der Waals surface area (Å²) in [6.45, 7) is 2.00. The van der Waals surface area contributed by atoms with Crippen LogP contribution in [0.25, 0.3) is 0 Å². The molecule has 0 radical (unpaired) electrons. The van der Waals surface area contributed by atoms with Crippen molar-refractivity contribution in [3.63, 3.8) is 0 Å². The maximum Gasteiger partial charge on any atom is 0.299 e. The zero-order chi connectivity index (χ0) is 11.5. The molecule has 0 amide bonds. The molecule has 2 rings (SSSR count). The summed E-state index contributed by atoms with van der Waals surface area (Å²) in [7, 11) is 0. The Kier molecular flexibility index (Phi) is 3.78. The molecule has 16 heavy (non-hydrogen) atoms. The predicted molar refractivity (Wildman–Crippen MR) is 68.4 cm³/mol. The van der Waals surface area contributed by atoms with Gasteiger partial charge in [0, 0.05) is 4.47 Å². The third kappa shape index (κ3) is 2.72. The van der Waals surface area contributed by atoms with Crippen LogP contribution >= 0.6 is 38.9 Å². The van der Waals surface area contributed by atoms with Crippen molar-refractivity contribution in [3.05, 3.63) is 33.2 Å². The lowest BCUT2D eigenvalue weighted by atomic mass is 10.2. The third-order valence-corrected chi connectivity index (χ3v) is 4.00. The first-order valence-corrected chi connectivity index (χ1v) is 6.66. The minimum absolute atomic E-state index is 0.362. The number of alkyl halides is 1. The van der Waals surface area contributed by atoms with Gasteiger partial charge in [-0.05, 0) is 30.7 Å². The van der Waals surface area contributed by atoms with E-state index in [1.54, 1.807) is 0 Å². The highest BCUT2D eigenvalue weighted by atomic mass is 79.9. The maximum absolute atomic E-state index is 5.64. The van der Waals surface area contributed by atoms with Crippen LogP contribution in [0, 0.1) is 6.92 Å². The summed E-state index contributed by atoms with van der Waals surface area (Å²) in [5, 5.41) is 9.02. The first kappa shape index (κ1) is 11.8. The first-order valence-electron chi connectivity index (χ1n) is 4.51. The zero-order valence-corrected chi connectivity index (χ0v) is 11.6. The quantitative estimate of drug-likeness (QED) is 0.798. The molecule has 0 fully saturated rings. The average Bonchev–Trinajstić information content (AvgIpc) is 2.71. The zero-order valence-electron chi connectivity index (χ0n) is 8.41. The molecule has 0 saturated heterocycles. The third-order valence-electron chi connectivity index (χ3n) is 1.90. The summed E-state index contributed by atoms with van der Waals surface area (Å²) in [4.78, 5) is 0. The van der Waals surface area contributed by atoms with E-state index in [-0.39, 0.29) is 0 Å². The molecule has 0 atom stereocenters. The number of hydrogen-bond acceptors (Lipinski definition) is 4. The van der Waals surface area contributed by atoms with Gasteiger partial charge in [0.05, 0.1) is 5.88 Å². The Labute approximate surface area is 111 Å². The number of nitrogens with zero attached hydrogens (tertiary/aromatic N) is 2. The Morgan fingerprint density at radius 1 is 1.44 bits per heavy atom. The van der Waals surface area contributed by atoms with Crippen LogP contribution in [-0.2, 0) is 5.88 Å². The standard InChI is InChI=1S/C10H8BrClN2OS/c1-6-4-7(2-3-8(6)11)15-10-14-13-9(5-12)16-10/h2-4H,5H2,1H3. The Morgan fingerprint density at radius 2 is 2.25 bits per heavy atom. The van der Waals surface area contributed by atoms with Gasteiger partial charge in [0.15, 0.2) is 0 Å². The molecule has 1 aromatic carbocycles. The van der Waals surface area contributed by atoms with E-state index in [9.17, 15) is 0 Å².